The zero-order chi connectivity index (χ0) is 22.0. The highest BCUT2D eigenvalue weighted by molar-refractivity contribution is 6.35. The van der Waals surface area contributed by atoms with Crippen LogP contribution in [-0.4, -0.2) is 28.7 Å². The molecule has 2 amide bonds. The number of hydrogen-bond donors (Lipinski definition) is 0. The fourth-order valence-electron chi connectivity index (χ4n) is 3.65. The predicted molar refractivity (Wildman–Crippen MR) is 113 cm³/mol. The smallest absolute Gasteiger partial charge is 0.278 e. The van der Waals surface area contributed by atoms with Crippen molar-refractivity contribution in [1.29, 1.82) is 0 Å². The Kier molecular flexibility index (Phi) is 5.62. The zero-order valence-corrected chi connectivity index (χ0v) is 16.9. The van der Waals surface area contributed by atoms with Gasteiger partial charge in [0.05, 0.1) is 12.1 Å². The number of halogens is 2. The van der Waals surface area contributed by atoms with Gasteiger partial charge in [0.25, 0.3) is 11.8 Å². The van der Waals surface area contributed by atoms with Gasteiger partial charge in [-0.3, -0.25) is 14.5 Å². The number of hydrogen-bond acceptors (Lipinski definition) is 3. The number of rotatable bonds is 6. The Morgan fingerprint density at radius 1 is 0.742 bits per heavy atom. The monoisotopic (exact) mass is 418 g/mol. The average molecular weight is 418 g/mol. The molecule has 31 heavy (non-hydrogen) atoms. The van der Waals surface area contributed by atoms with Gasteiger partial charge in [-0.15, -0.1) is 0 Å². The lowest BCUT2D eigenvalue weighted by Gasteiger charge is -2.21. The number of carbonyl (C=O) groups excluding carboxylic acids is 2. The predicted octanol–water partition coefficient (Wildman–Crippen LogP) is 4.38. The Hall–Kier alpha value is -3.80. The molecule has 0 fully saturated rings. The van der Waals surface area contributed by atoms with Gasteiger partial charge in [0, 0.05) is 13.6 Å². The molecule has 0 spiro atoms. The van der Waals surface area contributed by atoms with Gasteiger partial charge in [-0.05, 0) is 41.0 Å². The van der Waals surface area contributed by atoms with Crippen molar-refractivity contribution < 1.29 is 18.4 Å². The first-order valence-corrected chi connectivity index (χ1v) is 9.80. The lowest BCUT2D eigenvalue weighted by molar-refractivity contribution is -0.138. The molecule has 0 radical (unpaired) electrons. The summed E-state index contributed by atoms with van der Waals surface area (Å²) in [4.78, 5) is 29.5. The van der Waals surface area contributed by atoms with Gasteiger partial charge >= 0.3 is 0 Å². The van der Waals surface area contributed by atoms with Crippen LogP contribution in [-0.2, 0) is 22.7 Å². The van der Waals surface area contributed by atoms with E-state index >= 15 is 0 Å². The standard InChI is InChI=1S/C25H20F2N2O2/c1-28(15-17-5-3-2-4-6-17)23-22(19-9-13-21(27)14-10-19)24(30)29(25(23)31)16-18-7-11-20(26)12-8-18/h2-14H,15-16H2,1H3. The van der Waals surface area contributed by atoms with Crippen LogP contribution in [0.15, 0.2) is 84.6 Å². The normalized spacial score (nSPS) is 13.8. The minimum atomic E-state index is -0.462. The Bertz CT molecular complexity index is 1140. The minimum Gasteiger partial charge on any atom is -0.365 e. The van der Waals surface area contributed by atoms with Crippen LogP contribution in [0, 0.1) is 11.6 Å². The molecule has 156 valence electrons. The van der Waals surface area contributed by atoms with Crippen LogP contribution in [0.25, 0.3) is 5.57 Å². The molecule has 0 saturated carbocycles. The average Bonchev–Trinajstić information content (AvgIpc) is 3.01. The molecule has 1 aliphatic rings. The van der Waals surface area contributed by atoms with Gasteiger partial charge in [-0.25, -0.2) is 8.78 Å². The van der Waals surface area contributed by atoms with Crippen LogP contribution in [0.4, 0.5) is 8.78 Å². The van der Waals surface area contributed by atoms with E-state index in [1.165, 1.54) is 36.4 Å². The molecule has 4 rings (SSSR count). The van der Waals surface area contributed by atoms with E-state index in [2.05, 4.69) is 0 Å². The van der Waals surface area contributed by atoms with Gasteiger partial charge in [0.15, 0.2) is 0 Å². The molecule has 0 bridgehead atoms. The first-order valence-electron chi connectivity index (χ1n) is 9.80. The molecule has 6 heteroatoms. The second kappa shape index (κ2) is 8.52. The summed E-state index contributed by atoms with van der Waals surface area (Å²) in [5.41, 5.74) is 2.56. The van der Waals surface area contributed by atoms with Gasteiger partial charge in [0.2, 0.25) is 0 Å². The molecule has 3 aromatic rings. The fraction of sp³-hybridized carbons (Fsp3) is 0.120. The summed E-state index contributed by atoms with van der Waals surface area (Å²) in [6, 6.07) is 20.8. The van der Waals surface area contributed by atoms with Crippen LogP contribution in [0.1, 0.15) is 16.7 Å². The topological polar surface area (TPSA) is 40.6 Å². The van der Waals surface area contributed by atoms with E-state index in [-0.39, 0.29) is 17.8 Å². The van der Waals surface area contributed by atoms with Gasteiger partial charge in [0.1, 0.15) is 17.3 Å². The summed E-state index contributed by atoms with van der Waals surface area (Å²) in [5.74, 6) is -1.72. The summed E-state index contributed by atoms with van der Waals surface area (Å²) in [7, 11) is 1.75. The SMILES string of the molecule is CN(Cc1ccccc1)C1=C(c2ccc(F)cc2)C(=O)N(Cc2ccc(F)cc2)C1=O. The van der Waals surface area contributed by atoms with Crippen LogP contribution in [0.2, 0.25) is 0 Å². The van der Waals surface area contributed by atoms with E-state index in [4.69, 9.17) is 0 Å². The zero-order valence-electron chi connectivity index (χ0n) is 16.9. The first kappa shape index (κ1) is 20.5. The van der Waals surface area contributed by atoms with E-state index in [0.717, 1.165) is 10.5 Å². The summed E-state index contributed by atoms with van der Waals surface area (Å²) >= 11 is 0. The molecular weight excluding hydrogens is 398 g/mol. The number of nitrogens with zero attached hydrogens (tertiary/aromatic N) is 2. The fourth-order valence-corrected chi connectivity index (χ4v) is 3.65. The molecule has 0 aromatic heterocycles. The van der Waals surface area contributed by atoms with E-state index in [0.29, 0.717) is 17.7 Å². The van der Waals surface area contributed by atoms with Gasteiger partial charge in [-0.1, -0.05) is 54.6 Å². The Labute approximate surface area is 179 Å². The number of imide groups is 1. The van der Waals surface area contributed by atoms with Crippen LogP contribution in [0.5, 0.6) is 0 Å². The third kappa shape index (κ3) is 4.23. The van der Waals surface area contributed by atoms with Crippen molar-refractivity contribution in [3.63, 3.8) is 0 Å². The Morgan fingerprint density at radius 3 is 1.94 bits per heavy atom. The molecule has 0 unspecified atom stereocenters. The van der Waals surface area contributed by atoms with Crippen molar-refractivity contribution in [3.05, 3.63) is 113 Å². The summed E-state index contributed by atoms with van der Waals surface area (Å²) in [6.45, 7) is 0.440. The molecule has 1 aliphatic heterocycles. The molecule has 0 aliphatic carbocycles. The van der Waals surface area contributed by atoms with Crippen molar-refractivity contribution in [2.75, 3.05) is 7.05 Å². The lowest BCUT2D eigenvalue weighted by atomic mass is 10.0. The summed E-state index contributed by atoms with van der Waals surface area (Å²) in [6.07, 6.45) is 0. The van der Waals surface area contributed by atoms with Crippen molar-refractivity contribution in [1.82, 2.24) is 9.80 Å². The summed E-state index contributed by atoms with van der Waals surface area (Å²) < 4.78 is 26.7. The highest BCUT2D eigenvalue weighted by Gasteiger charge is 2.40. The van der Waals surface area contributed by atoms with Crippen LogP contribution in [0.3, 0.4) is 0 Å². The highest BCUT2D eigenvalue weighted by atomic mass is 19.1. The highest BCUT2D eigenvalue weighted by Crippen LogP contribution is 2.33. The molecule has 0 saturated heterocycles. The molecule has 1 heterocycles. The molecule has 3 aromatic carbocycles. The minimum absolute atomic E-state index is 0.0192. The third-order valence-corrected chi connectivity index (χ3v) is 5.17. The summed E-state index contributed by atoms with van der Waals surface area (Å²) in [5, 5.41) is 0. The molecular formula is C25H20F2N2O2. The maximum Gasteiger partial charge on any atom is 0.278 e. The molecule has 4 nitrogen and oxygen atoms in total. The Morgan fingerprint density at radius 2 is 1.32 bits per heavy atom. The van der Waals surface area contributed by atoms with Crippen molar-refractivity contribution in [2.24, 2.45) is 0 Å². The number of benzene rings is 3. The quantitative estimate of drug-likeness (QED) is 0.558. The van der Waals surface area contributed by atoms with Gasteiger partial charge < -0.3 is 4.90 Å². The lowest BCUT2D eigenvalue weighted by Crippen LogP contribution is -2.33. The largest absolute Gasteiger partial charge is 0.365 e. The number of amides is 2. The van der Waals surface area contributed by atoms with Gasteiger partial charge in [-0.2, -0.15) is 0 Å². The third-order valence-electron chi connectivity index (χ3n) is 5.17. The number of carbonyl (C=O) groups is 2. The second-order valence-corrected chi connectivity index (χ2v) is 7.40. The van der Waals surface area contributed by atoms with Crippen molar-refractivity contribution in [3.8, 4) is 0 Å². The maximum atomic E-state index is 13.5. The second-order valence-electron chi connectivity index (χ2n) is 7.40. The van der Waals surface area contributed by atoms with Crippen molar-refractivity contribution >= 4 is 17.4 Å². The maximum absolute atomic E-state index is 13.5. The van der Waals surface area contributed by atoms with E-state index in [1.807, 2.05) is 30.3 Å². The van der Waals surface area contributed by atoms with E-state index < -0.39 is 23.4 Å². The molecule has 0 atom stereocenters. The number of likely N-dealkylation sites (N-methyl/N-ethyl adjacent to an activating group) is 1. The first-order chi connectivity index (χ1) is 14.9. The van der Waals surface area contributed by atoms with E-state index in [1.54, 1.807) is 24.1 Å². The Balaban J connectivity index is 1.71. The van der Waals surface area contributed by atoms with Crippen LogP contribution >= 0.6 is 0 Å². The van der Waals surface area contributed by atoms with Crippen LogP contribution < -0.4 is 0 Å². The van der Waals surface area contributed by atoms with Crippen molar-refractivity contribution in [2.45, 2.75) is 13.1 Å². The van der Waals surface area contributed by atoms with E-state index in [9.17, 15) is 18.4 Å². The molecule has 0 N–H and O–H groups in total.